The third-order valence-electron chi connectivity index (χ3n) is 7.54. The van der Waals surface area contributed by atoms with Crippen LogP contribution in [0.4, 0.5) is 10.1 Å². The van der Waals surface area contributed by atoms with Crippen molar-refractivity contribution in [2.75, 3.05) is 5.32 Å². The molecule has 1 aliphatic heterocycles. The van der Waals surface area contributed by atoms with Crippen LogP contribution in [0.25, 0.3) is 16.9 Å². The van der Waals surface area contributed by atoms with E-state index in [-0.39, 0.29) is 35.0 Å². The second kappa shape index (κ2) is 12.7. The minimum atomic E-state index is -1.33. The first kappa shape index (κ1) is 30.3. The van der Waals surface area contributed by atoms with E-state index in [2.05, 4.69) is 25.7 Å². The highest BCUT2D eigenvalue weighted by Gasteiger charge is 2.31. The van der Waals surface area contributed by atoms with Gasteiger partial charge in [0.2, 0.25) is 6.17 Å². The number of nitrogens with zero attached hydrogens (tertiary/aromatic N) is 4. The molecule has 232 valence electrons. The number of benzene rings is 3. The van der Waals surface area contributed by atoms with Crippen LogP contribution in [-0.2, 0) is 20.9 Å². The number of para-hydroxylation sites is 1. The Morgan fingerprint density at radius 2 is 1.80 bits per heavy atom. The lowest BCUT2D eigenvalue weighted by molar-refractivity contribution is -0.147. The van der Waals surface area contributed by atoms with Gasteiger partial charge in [-0.15, -0.1) is 0 Å². The molecule has 1 aliphatic rings. The van der Waals surface area contributed by atoms with E-state index in [1.807, 2.05) is 42.5 Å². The first-order valence-electron chi connectivity index (χ1n) is 14.6. The Morgan fingerprint density at radius 3 is 2.57 bits per heavy atom. The molecule has 12 heteroatoms. The summed E-state index contributed by atoms with van der Waals surface area (Å²) in [6.07, 6.45) is 1.72. The maximum atomic E-state index is 15.6. The zero-order valence-electron chi connectivity index (χ0n) is 25.0. The maximum absolute atomic E-state index is 15.6. The molecule has 46 heavy (non-hydrogen) atoms. The molecule has 3 aromatic carbocycles. The Balaban J connectivity index is 1.34. The minimum absolute atomic E-state index is 0.00338. The van der Waals surface area contributed by atoms with Gasteiger partial charge in [-0.1, -0.05) is 68.4 Å². The number of esters is 1. The monoisotopic (exact) mass is 619 g/mol. The Labute approximate surface area is 263 Å². The third kappa shape index (κ3) is 5.97. The first-order chi connectivity index (χ1) is 22.2. The molecule has 0 bridgehead atoms. The lowest BCUT2D eigenvalue weighted by Crippen LogP contribution is -2.42. The molecule has 2 atom stereocenters. The molecule has 0 spiro atoms. The number of fused-ring (bicyclic) bond motifs is 2. The smallest absolute Gasteiger partial charge is 0.323 e. The minimum Gasteiger partial charge on any atom is -0.460 e. The molecule has 4 N–H and O–H groups in total. The predicted octanol–water partition coefficient (Wildman–Crippen LogP) is 4.11. The number of amides is 2. The van der Waals surface area contributed by atoms with E-state index in [1.54, 1.807) is 44.3 Å². The molecule has 2 aromatic heterocycles. The number of rotatable bonds is 8. The number of hydrogen-bond acceptors (Lipinski definition) is 8. The summed E-state index contributed by atoms with van der Waals surface area (Å²) in [5, 5.41) is 10.0. The number of hydrogen-bond donors (Lipinski definition) is 3. The van der Waals surface area contributed by atoms with Gasteiger partial charge in [-0.25, -0.2) is 18.9 Å². The van der Waals surface area contributed by atoms with Crippen molar-refractivity contribution in [2.45, 2.75) is 32.7 Å². The summed E-state index contributed by atoms with van der Waals surface area (Å²) < 4.78 is 22.2. The summed E-state index contributed by atoms with van der Waals surface area (Å²) in [6, 6.07) is 21.6. The normalized spacial score (nSPS) is 15.0. The van der Waals surface area contributed by atoms with Crippen molar-refractivity contribution in [3.05, 3.63) is 119 Å². The average molecular weight is 620 g/mol. The van der Waals surface area contributed by atoms with Crippen LogP contribution in [0.15, 0.2) is 96.2 Å². The van der Waals surface area contributed by atoms with Gasteiger partial charge in [-0.3, -0.25) is 14.4 Å². The highest BCUT2D eigenvalue weighted by molar-refractivity contribution is 6.20. The molecule has 0 saturated heterocycles. The lowest BCUT2D eigenvalue weighted by atomic mass is 10.0. The van der Waals surface area contributed by atoms with Crippen molar-refractivity contribution in [1.82, 2.24) is 19.9 Å². The van der Waals surface area contributed by atoms with Gasteiger partial charge in [0.15, 0.2) is 5.65 Å². The molecular formula is C34H30FN7O4. The van der Waals surface area contributed by atoms with Gasteiger partial charge in [-0.2, -0.15) is 5.10 Å². The van der Waals surface area contributed by atoms with Crippen LogP contribution in [0, 0.1) is 11.7 Å². The quantitative estimate of drug-likeness (QED) is 0.221. The van der Waals surface area contributed by atoms with Crippen LogP contribution in [0.3, 0.4) is 0 Å². The summed E-state index contributed by atoms with van der Waals surface area (Å²) in [4.78, 5) is 48.6. The molecule has 0 unspecified atom stereocenters. The number of anilines is 1. The molecule has 0 fully saturated rings. The van der Waals surface area contributed by atoms with E-state index >= 15 is 4.39 Å². The molecule has 0 saturated carbocycles. The number of carbonyl (C=O) groups excluding carboxylic acids is 3. The number of benzodiazepines with no additional fused rings is 1. The van der Waals surface area contributed by atoms with Crippen molar-refractivity contribution in [2.24, 2.45) is 16.6 Å². The fraction of sp³-hybridized carbons (Fsp3) is 0.176. The van der Waals surface area contributed by atoms with E-state index in [4.69, 9.17) is 10.5 Å². The Kier molecular flexibility index (Phi) is 8.36. The fourth-order valence-electron chi connectivity index (χ4n) is 5.02. The van der Waals surface area contributed by atoms with Crippen molar-refractivity contribution in [3.8, 4) is 11.3 Å². The topological polar surface area (TPSA) is 153 Å². The Hall–Kier alpha value is -5.75. The molecule has 5 aromatic rings. The molecule has 0 aliphatic carbocycles. The number of nitrogens with one attached hydrogen (secondary N) is 2. The Bertz CT molecular complexity index is 1990. The van der Waals surface area contributed by atoms with Gasteiger partial charge in [-0.05, 0) is 35.7 Å². The van der Waals surface area contributed by atoms with E-state index in [9.17, 15) is 14.4 Å². The van der Waals surface area contributed by atoms with Crippen LogP contribution in [0.5, 0.6) is 0 Å². The largest absolute Gasteiger partial charge is 0.460 e. The highest BCUT2D eigenvalue weighted by atomic mass is 19.1. The number of carbonyl (C=O) groups is 3. The number of aliphatic imine (C=N–C) groups is 1. The second-order valence-electron chi connectivity index (χ2n) is 11.1. The van der Waals surface area contributed by atoms with Crippen molar-refractivity contribution < 1.29 is 23.5 Å². The van der Waals surface area contributed by atoms with Gasteiger partial charge < -0.3 is 21.1 Å². The summed E-state index contributed by atoms with van der Waals surface area (Å²) >= 11 is 0. The van der Waals surface area contributed by atoms with Crippen molar-refractivity contribution in [1.29, 1.82) is 0 Å². The molecule has 6 rings (SSSR count). The number of nitrogens with two attached hydrogens (primary N) is 1. The van der Waals surface area contributed by atoms with Crippen LogP contribution in [0.1, 0.15) is 40.9 Å². The van der Waals surface area contributed by atoms with Crippen molar-refractivity contribution in [3.63, 3.8) is 0 Å². The van der Waals surface area contributed by atoms with Crippen LogP contribution in [-0.4, -0.2) is 50.3 Å². The van der Waals surface area contributed by atoms with Gasteiger partial charge >= 0.3 is 5.97 Å². The van der Waals surface area contributed by atoms with Crippen molar-refractivity contribution >= 4 is 34.8 Å². The third-order valence-corrected chi connectivity index (χ3v) is 7.54. The summed E-state index contributed by atoms with van der Waals surface area (Å²) in [5.74, 6) is -2.69. The number of aromatic nitrogens is 3. The predicted molar refractivity (Wildman–Crippen MR) is 169 cm³/mol. The number of halogens is 1. The second-order valence-corrected chi connectivity index (χ2v) is 11.1. The summed E-state index contributed by atoms with van der Waals surface area (Å²) in [5.41, 5.74) is 8.84. The average Bonchev–Trinajstić information content (AvgIpc) is 3.38. The molecule has 2 amide bonds. The van der Waals surface area contributed by atoms with E-state index in [0.29, 0.717) is 22.5 Å². The van der Waals surface area contributed by atoms with Crippen LogP contribution in [0.2, 0.25) is 0 Å². The van der Waals surface area contributed by atoms with E-state index < -0.39 is 35.8 Å². The maximum Gasteiger partial charge on any atom is 0.323 e. The van der Waals surface area contributed by atoms with Gasteiger partial charge in [0.1, 0.15) is 29.7 Å². The first-order valence-corrected chi connectivity index (χ1v) is 14.6. The zero-order valence-corrected chi connectivity index (χ0v) is 25.0. The van der Waals surface area contributed by atoms with E-state index in [0.717, 1.165) is 5.56 Å². The lowest BCUT2D eigenvalue weighted by Gasteiger charge is -2.15. The molecular weight excluding hydrogens is 589 g/mol. The van der Waals surface area contributed by atoms with Crippen LogP contribution >= 0.6 is 0 Å². The molecule has 3 heterocycles. The fourth-order valence-corrected chi connectivity index (χ4v) is 5.02. The summed E-state index contributed by atoms with van der Waals surface area (Å²) in [7, 11) is 0. The highest BCUT2D eigenvalue weighted by Crippen LogP contribution is 2.29. The number of ether oxygens (including phenoxy) is 1. The van der Waals surface area contributed by atoms with Crippen LogP contribution < -0.4 is 16.4 Å². The van der Waals surface area contributed by atoms with Gasteiger partial charge in [0.05, 0.1) is 11.4 Å². The molecule has 11 nitrogen and oxygen atoms in total. The Morgan fingerprint density at radius 1 is 1.04 bits per heavy atom. The van der Waals surface area contributed by atoms with Gasteiger partial charge in [0, 0.05) is 29.1 Å². The van der Waals surface area contributed by atoms with Gasteiger partial charge in [0.25, 0.3) is 11.8 Å². The standard InChI is InChI=1S/C34H30FN7O4/c1-19(2)27(36)34(45)46-18-20-13-14-22(24(35)17-20)29-26(31-37-15-8-16-42(31)41-29)32(43)40-30-33(44)38-25-12-7-6-11-23(25)28(39-30)21-9-4-3-5-10-21/h3-17,19,27,30H,18,36H2,1-2H3,(H,38,44)(H,40,43)/t27-,30+/m0/s1. The SMILES string of the molecule is CC(C)[C@H](N)C(=O)OCc1ccc(-c2nn3cccnc3c2C(=O)N[C@H]2N=C(c3ccccc3)c3ccccc3NC2=O)c(F)c1. The molecule has 0 radical (unpaired) electrons. The summed E-state index contributed by atoms with van der Waals surface area (Å²) in [6.45, 7) is 3.42. The zero-order chi connectivity index (χ0) is 32.4. The van der Waals surface area contributed by atoms with E-state index in [1.165, 1.54) is 22.8 Å².